The van der Waals surface area contributed by atoms with Gasteiger partial charge in [-0.25, -0.2) is 9.59 Å². The molecule has 1 aliphatic rings. The van der Waals surface area contributed by atoms with Crippen molar-refractivity contribution in [2.45, 2.75) is 26.3 Å². The smallest absolute Gasteiger partial charge is 0.324 e. The van der Waals surface area contributed by atoms with Gasteiger partial charge in [-0.15, -0.1) is 0 Å². The Kier molecular flexibility index (Phi) is 5.34. The summed E-state index contributed by atoms with van der Waals surface area (Å²) in [5.41, 5.74) is 2.35. The summed E-state index contributed by atoms with van der Waals surface area (Å²) in [5, 5.41) is 6.84. The van der Waals surface area contributed by atoms with E-state index in [0.717, 1.165) is 11.4 Å². The zero-order chi connectivity index (χ0) is 19.6. The van der Waals surface area contributed by atoms with Crippen molar-refractivity contribution in [2.24, 2.45) is 0 Å². The van der Waals surface area contributed by atoms with Crippen LogP contribution < -0.4 is 10.2 Å². The third-order valence-electron chi connectivity index (χ3n) is 4.56. The van der Waals surface area contributed by atoms with Crippen LogP contribution in [0.15, 0.2) is 34.9 Å². The van der Waals surface area contributed by atoms with Crippen molar-refractivity contribution in [3.05, 3.63) is 41.8 Å². The van der Waals surface area contributed by atoms with Crippen LogP contribution in [0.2, 0.25) is 0 Å². The van der Waals surface area contributed by atoms with E-state index in [0.29, 0.717) is 31.1 Å². The predicted molar refractivity (Wildman–Crippen MR) is 103 cm³/mol. The summed E-state index contributed by atoms with van der Waals surface area (Å²) in [7, 11) is 3.48. The minimum atomic E-state index is -0.248. The molecule has 8 nitrogen and oxygen atoms in total. The van der Waals surface area contributed by atoms with Crippen LogP contribution in [0.1, 0.15) is 31.2 Å². The van der Waals surface area contributed by atoms with E-state index in [4.69, 9.17) is 4.52 Å². The number of carbonyl (C=O) groups excluding carboxylic acids is 2. The molecule has 1 saturated heterocycles. The molecule has 2 heterocycles. The molecule has 144 valence electrons. The van der Waals surface area contributed by atoms with E-state index >= 15 is 0 Å². The summed E-state index contributed by atoms with van der Waals surface area (Å²) in [5.74, 6) is 0.922. The van der Waals surface area contributed by atoms with Crippen LogP contribution in [0.4, 0.5) is 21.0 Å². The van der Waals surface area contributed by atoms with Gasteiger partial charge in [-0.1, -0.05) is 19.0 Å². The Hall–Kier alpha value is -3.03. The molecule has 2 aromatic rings. The average molecular weight is 371 g/mol. The molecule has 27 heavy (non-hydrogen) atoms. The first-order valence-electron chi connectivity index (χ1n) is 8.95. The second-order valence-corrected chi connectivity index (χ2v) is 7.06. The number of aromatic nitrogens is 1. The van der Waals surface area contributed by atoms with Gasteiger partial charge in [-0.3, -0.25) is 4.90 Å². The van der Waals surface area contributed by atoms with E-state index in [1.54, 1.807) is 36.0 Å². The highest BCUT2D eigenvalue weighted by Gasteiger charge is 2.26. The molecule has 0 aliphatic carbocycles. The molecule has 0 atom stereocenters. The molecule has 0 spiro atoms. The van der Waals surface area contributed by atoms with Crippen LogP contribution >= 0.6 is 0 Å². The molecule has 1 aliphatic heterocycles. The monoisotopic (exact) mass is 371 g/mol. The predicted octanol–water partition coefficient (Wildman–Crippen LogP) is 3.33. The van der Waals surface area contributed by atoms with Crippen molar-refractivity contribution in [2.75, 3.05) is 37.4 Å². The fourth-order valence-corrected chi connectivity index (χ4v) is 2.81. The molecule has 1 N–H and O–H groups in total. The molecule has 1 aromatic heterocycles. The zero-order valence-electron chi connectivity index (χ0n) is 16.1. The van der Waals surface area contributed by atoms with E-state index in [2.05, 4.69) is 10.5 Å². The highest BCUT2D eigenvalue weighted by molar-refractivity contribution is 5.94. The number of carbonyl (C=O) groups is 2. The lowest BCUT2D eigenvalue weighted by molar-refractivity contribution is 0.214. The summed E-state index contributed by atoms with van der Waals surface area (Å²) >= 11 is 0. The number of hydrogen-bond acceptors (Lipinski definition) is 4. The zero-order valence-corrected chi connectivity index (χ0v) is 16.1. The van der Waals surface area contributed by atoms with E-state index in [-0.39, 0.29) is 18.0 Å². The number of nitrogens with one attached hydrogen (secondary N) is 1. The summed E-state index contributed by atoms with van der Waals surface area (Å²) in [6.45, 7) is 5.78. The Labute approximate surface area is 158 Å². The van der Waals surface area contributed by atoms with Crippen LogP contribution in [0.3, 0.4) is 0 Å². The van der Waals surface area contributed by atoms with Gasteiger partial charge in [0, 0.05) is 44.6 Å². The third kappa shape index (κ3) is 4.21. The van der Waals surface area contributed by atoms with Gasteiger partial charge in [0.25, 0.3) is 0 Å². The van der Waals surface area contributed by atoms with Gasteiger partial charge in [0.2, 0.25) is 0 Å². The lowest BCUT2D eigenvalue weighted by Crippen LogP contribution is -2.31. The number of anilines is 2. The van der Waals surface area contributed by atoms with E-state index in [1.165, 1.54) is 4.90 Å². The fraction of sp³-hybridized carbons (Fsp3) is 0.421. The Morgan fingerprint density at radius 2 is 2.00 bits per heavy atom. The van der Waals surface area contributed by atoms with Crippen molar-refractivity contribution >= 4 is 23.4 Å². The van der Waals surface area contributed by atoms with Crippen molar-refractivity contribution in [3.63, 3.8) is 0 Å². The van der Waals surface area contributed by atoms with E-state index < -0.39 is 0 Å². The molecule has 0 bridgehead atoms. The maximum Gasteiger partial charge on any atom is 0.324 e. The fourth-order valence-electron chi connectivity index (χ4n) is 2.81. The summed E-state index contributed by atoms with van der Waals surface area (Å²) in [6, 6.07) is 8.85. The third-order valence-corrected chi connectivity index (χ3v) is 4.56. The molecule has 0 saturated carbocycles. The lowest BCUT2D eigenvalue weighted by atomic mass is 10.1. The summed E-state index contributed by atoms with van der Waals surface area (Å²) < 4.78 is 5.28. The second-order valence-electron chi connectivity index (χ2n) is 7.06. The minimum Gasteiger partial charge on any atom is -0.359 e. The molecule has 0 unspecified atom stereocenters. The van der Waals surface area contributed by atoms with Crippen LogP contribution in [-0.4, -0.2) is 54.2 Å². The van der Waals surface area contributed by atoms with Crippen LogP contribution in [0.25, 0.3) is 0 Å². The number of likely N-dealkylation sites (N-methyl/N-ethyl adjacent to an activating group) is 1. The van der Waals surface area contributed by atoms with E-state index in [1.807, 2.05) is 32.0 Å². The molecule has 1 fully saturated rings. The molecule has 0 radical (unpaired) electrons. The number of urea groups is 2. The highest BCUT2D eigenvalue weighted by Crippen LogP contribution is 2.22. The Morgan fingerprint density at radius 3 is 2.56 bits per heavy atom. The van der Waals surface area contributed by atoms with Gasteiger partial charge < -0.3 is 19.6 Å². The van der Waals surface area contributed by atoms with Gasteiger partial charge in [-0.2, -0.15) is 0 Å². The number of rotatable bonds is 5. The van der Waals surface area contributed by atoms with Crippen molar-refractivity contribution < 1.29 is 14.1 Å². The largest absolute Gasteiger partial charge is 0.359 e. The maximum atomic E-state index is 12.4. The molecular weight excluding hydrogens is 346 g/mol. The van der Waals surface area contributed by atoms with Crippen LogP contribution in [-0.2, 0) is 6.54 Å². The molecule has 4 amide bonds. The quantitative estimate of drug-likeness (QED) is 0.874. The number of benzene rings is 1. The first-order valence-corrected chi connectivity index (χ1v) is 8.95. The Balaban J connectivity index is 1.57. The normalized spacial score (nSPS) is 14.2. The van der Waals surface area contributed by atoms with Gasteiger partial charge in [-0.05, 0) is 30.2 Å². The van der Waals surface area contributed by atoms with Crippen molar-refractivity contribution in [1.29, 1.82) is 0 Å². The van der Waals surface area contributed by atoms with E-state index in [9.17, 15) is 9.59 Å². The van der Waals surface area contributed by atoms with Crippen LogP contribution in [0.5, 0.6) is 0 Å². The molecule has 3 rings (SSSR count). The standard InChI is InChI=1S/C19H25N5O3/c1-13(2)17-11-16(27-21-17)12-23(4)18(25)20-14-5-7-15(8-6-14)24-10-9-22(3)19(24)26/h5-8,11,13H,9-10,12H2,1-4H3,(H,20,25). The topological polar surface area (TPSA) is 81.9 Å². The summed E-state index contributed by atoms with van der Waals surface area (Å²) in [4.78, 5) is 29.3. The van der Waals surface area contributed by atoms with Gasteiger partial charge in [0.15, 0.2) is 5.76 Å². The van der Waals surface area contributed by atoms with Gasteiger partial charge in [0.05, 0.1) is 12.2 Å². The maximum absolute atomic E-state index is 12.4. The summed E-state index contributed by atoms with van der Waals surface area (Å²) in [6.07, 6.45) is 0. The number of nitrogens with zero attached hydrogens (tertiary/aromatic N) is 4. The Bertz CT molecular complexity index is 815. The second kappa shape index (κ2) is 7.69. The first-order chi connectivity index (χ1) is 12.8. The van der Waals surface area contributed by atoms with Crippen molar-refractivity contribution in [1.82, 2.24) is 15.0 Å². The molecule has 8 heteroatoms. The molecule has 1 aromatic carbocycles. The highest BCUT2D eigenvalue weighted by atomic mass is 16.5. The SMILES string of the molecule is CC(C)c1cc(CN(C)C(=O)Nc2ccc(N3CCN(C)C3=O)cc2)on1. The number of amides is 4. The van der Waals surface area contributed by atoms with Crippen molar-refractivity contribution in [3.8, 4) is 0 Å². The minimum absolute atomic E-state index is 0.0145. The average Bonchev–Trinajstić information content (AvgIpc) is 3.23. The molecular formula is C19H25N5O3. The van der Waals surface area contributed by atoms with Gasteiger partial charge >= 0.3 is 12.1 Å². The lowest BCUT2D eigenvalue weighted by Gasteiger charge is -2.18. The first kappa shape index (κ1) is 18.8. The Morgan fingerprint density at radius 1 is 1.30 bits per heavy atom. The number of hydrogen-bond donors (Lipinski definition) is 1. The van der Waals surface area contributed by atoms with Gasteiger partial charge in [0.1, 0.15) is 0 Å². The van der Waals surface area contributed by atoms with Crippen LogP contribution in [0, 0.1) is 0 Å².